The van der Waals surface area contributed by atoms with Crippen molar-refractivity contribution in [2.24, 2.45) is 5.10 Å². The van der Waals surface area contributed by atoms with Crippen molar-refractivity contribution in [1.82, 2.24) is 5.43 Å². The predicted octanol–water partition coefficient (Wildman–Crippen LogP) is 3.96. The fraction of sp³-hybridized carbons (Fsp3) is 0. The second-order valence-electron chi connectivity index (χ2n) is 5.50. The molecule has 0 atom stereocenters. The lowest BCUT2D eigenvalue weighted by molar-refractivity contribution is 0.0954. The minimum absolute atomic E-state index is 0.217. The molecule has 134 valence electrons. The van der Waals surface area contributed by atoms with E-state index in [4.69, 9.17) is 4.42 Å². The van der Waals surface area contributed by atoms with Gasteiger partial charge in [0.2, 0.25) is 0 Å². The van der Waals surface area contributed by atoms with Gasteiger partial charge < -0.3 is 9.73 Å². The standard InChI is InChI=1S/C21H17N3O3/c25-20(24-22-14-4-8-16-6-2-1-3-7-16)17-10-12-18(13-11-17)23-21(26)19-9-5-15-27-19/h1-15H,(H,23,26)(H,24,25)/b8-4+,22-14-. The number of furan rings is 1. The number of anilines is 1. The zero-order valence-electron chi connectivity index (χ0n) is 14.3. The van der Waals surface area contributed by atoms with Gasteiger partial charge >= 0.3 is 0 Å². The first-order valence-electron chi connectivity index (χ1n) is 8.22. The van der Waals surface area contributed by atoms with Gasteiger partial charge in [-0.15, -0.1) is 0 Å². The van der Waals surface area contributed by atoms with Gasteiger partial charge in [0.25, 0.3) is 11.8 Å². The number of hydrazone groups is 1. The number of carbonyl (C=O) groups excluding carboxylic acids is 2. The molecular formula is C21H17N3O3. The van der Waals surface area contributed by atoms with Crippen LogP contribution in [0, 0.1) is 0 Å². The minimum Gasteiger partial charge on any atom is -0.459 e. The number of rotatable bonds is 6. The van der Waals surface area contributed by atoms with Crippen LogP contribution in [-0.4, -0.2) is 18.0 Å². The van der Waals surface area contributed by atoms with Crippen LogP contribution in [0.15, 0.2) is 88.6 Å². The molecule has 0 fully saturated rings. The Labute approximate surface area is 156 Å². The first kappa shape index (κ1) is 17.9. The van der Waals surface area contributed by atoms with Gasteiger partial charge in [-0.3, -0.25) is 9.59 Å². The van der Waals surface area contributed by atoms with Crippen molar-refractivity contribution in [2.75, 3.05) is 5.32 Å². The summed E-state index contributed by atoms with van der Waals surface area (Å²) in [5.41, 5.74) is 4.47. The van der Waals surface area contributed by atoms with Crippen molar-refractivity contribution in [1.29, 1.82) is 0 Å². The molecule has 0 aliphatic carbocycles. The van der Waals surface area contributed by atoms with E-state index in [0.29, 0.717) is 11.3 Å². The molecule has 2 aromatic carbocycles. The van der Waals surface area contributed by atoms with Crippen LogP contribution in [-0.2, 0) is 0 Å². The topological polar surface area (TPSA) is 83.7 Å². The summed E-state index contributed by atoms with van der Waals surface area (Å²) in [5, 5.41) is 6.56. The molecule has 6 nitrogen and oxygen atoms in total. The fourth-order valence-electron chi connectivity index (χ4n) is 2.23. The molecule has 0 spiro atoms. The molecule has 1 aromatic heterocycles. The second-order valence-corrected chi connectivity index (χ2v) is 5.50. The summed E-state index contributed by atoms with van der Waals surface area (Å²) in [6, 6.07) is 19.4. The number of nitrogens with one attached hydrogen (secondary N) is 2. The summed E-state index contributed by atoms with van der Waals surface area (Å²) >= 11 is 0. The molecule has 0 aliphatic rings. The van der Waals surface area contributed by atoms with E-state index in [9.17, 15) is 9.59 Å². The molecule has 1 heterocycles. The molecule has 3 aromatic rings. The van der Waals surface area contributed by atoms with Crippen LogP contribution in [0.25, 0.3) is 6.08 Å². The quantitative estimate of drug-likeness (QED) is 0.516. The lowest BCUT2D eigenvalue weighted by atomic mass is 10.2. The number of carbonyl (C=O) groups is 2. The maximum absolute atomic E-state index is 12.0. The number of benzene rings is 2. The molecule has 3 rings (SSSR count). The Morgan fingerprint density at radius 3 is 2.37 bits per heavy atom. The molecule has 27 heavy (non-hydrogen) atoms. The lowest BCUT2D eigenvalue weighted by Crippen LogP contribution is -2.17. The zero-order chi connectivity index (χ0) is 18.9. The van der Waals surface area contributed by atoms with Crippen LogP contribution >= 0.6 is 0 Å². The normalized spacial score (nSPS) is 11.0. The van der Waals surface area contributed by atoms with E-state index in [2.05, 4.69) is 15.8 Å². The van der Waals surface area contributed by atoms with E-state index in [0.717, 1.165) is 5.56 Å². The van der Waals surface area contributed by atoms with Crippen molar-refractivity contribution >= 4 is 29.8 Å². The van der Waals surface area contributed by atoms with Crippen LogP contribution < -0.4 is 10.7 Å². The third-order valence-electron chi connectivity index (χ3n) is 3.56. The van der Waals surface area contributed by atoms with Crippen molar-refractivity contribution in [3.63, 3.8) is 0 Å². The third-order valence-corrected chi connectivity index (χ3v) is 3.56. The van der Waals surface area contributed by atoms with Gasteiger partial charge in [0.1, 0.15) is 0 Å². The highest BCUT2D eigenvalue weighted by molar-refractivity contribution is 6.02. The van der Waals surface area contributed by atoms with Gasteiger partial charge in [0.05, 0.1) is 6.26 Å². The van der Waals surface area contributed by atoms with Gasteiger partial charge in [0, 0.05) is 17.5 Å². The zero-order valence-corrected chi connectivity index (χ0v) is 14.3. The third kappa shape index (κ3) is 5.27. The SMILES string of the molecule is O=C(N/N=C\C=C\c1ccccc1)c1ccc(NC(=O)c2ccco2)cc1. The van der Waals surface area contributed by atoms with Gasteiger partial charge in [-0.2, -0.15) is 5.10 Å². The summed E-state index contributed by atoms with van der Waals surface area (Å²) in [6.45, 7) is 0. The Morgan fingerprint density at radius 2 is 1.67 bits per heavy atom. The Hall–Kier alpha value is -3.93. The van der Waals surface area contributed by atoms with E-state index in [1.807, 2.05) is 36.4 Å². The highest BCUT2D eigenvalue weighted by Crippen LogP contribution is 2.12. The van der Waals surface area contributed by atoms with Gasteiger partial charge in [0.15, 0.2) is 5.76 Å². The van der Waals surface area contributed by atoms with Crippen LogP contribution in [0.4, 0.5) is 5.69 Å². The van der Waals surface area contributed by atoms with E-state index in [1.165, 1.54) is 12.5 Å². The molecule has 0 bridgehead atoms. The number of hydrogen-bond donors (Lipinski definition) is 2. The molecule has 0 aliphatic heterocycles. The maximum atomic E-state index is 12.0. The van der Waals surface area contributed by atoms with Crippen molar-refractivity contribution in [3.8, 4) is 0 Å². The minimum atomic E-state index is -0.355. The Balaban J connectivity index is 1.50. The predicted molar refractivity (Wildman–Crippen MR) is 105 cm³/mol. The molecule has 0 radical (unpaired) electrons. The number of nitrogens with zero attached hydrogens (tertiary/aromatic N) is 1. The first-order chi connectivity index (χ1) is 13.2. The number of hydrogen-bond acceptors (Lipinski definition) is 4. The monoisotopic (exact) mass is 359 g/mol. The molecule has 0 saturated heterocycles. The molecule has 2 N–H and O–H groups in total. The summed E-state index contributed by atoms with van der Waals surface area (Å²) in [5.74, 6) is -0.481. The first-order valence-corrected chi connectivity index (χ1v) is 8.22. The largest absolute Gasteiger partial charge is 0.459 e. The van der Waals surface area contributed by atoms with E-state index >= 15 is 0 Å². The van der Waals surface area contributed by atoms with Crippen LogP contribution in [0.3, 0.4) is 0 Å². The molecule has 0 saturated carbocycles. The maximum Gasteiger partial charge on any atom is 0.291 e. The van der Waals surface area contributed by atoms with Crippen LogP contribution in [0.2, 0.25) is 0 Å². The van der Waals surface area contributed by atoms with E-state index in [1.54, 1.807) is 42.5 Å². The van der Waals surface area contributed by atoms with Gasteiger partial charge in [-0.1, -0.05) is 36.4 Å². The van der Waals surface area contributed by atoms with E-state index in [-0.39, 0.29) is 17.6 Å². The molecule has 0 unspecified atom stereocenters. The van der Waals surface area contributed by atoms with Crippen molar-refractivity contribution in [3.05, 3.63) is 96.0 Å². The van der Waals surface area contributed by atoms with Gasteiger partial charge in [-0.25, -0.2) is 5.43 Å². The molecular weight excluding hydrogens is 342 g/mol. The summed E-state index contributed by atoms with van der Waals surface area (Å²) in [6.07, 6.45) is 6.55. The average Bonchev–Trinajstić information content (AvgIpc) is 3.24. The van der Waals surface area contributed by atoms with Gasteiger partial charge in [-0.05, 0) is 48.0 Å². The fourth-order valence-corrected chi connectivity index (χ4v) is 2.23. The molecule has 2 amide bonds. The molecule has 6 heteroatoms. The summed E-state index contributed by atoms with van der Waals surface area (Å²) < 4.78 is 5.02. The lowest BCUT2D eigenvalue weighted by Gasteiger charge is -2.04. The second kappa shape index (κ2) is 8.96. The number of amides is 2. The Morgan fingerprint density at radius 1 is 0.889 bits per heavy atom. The van der Waals surface area contributed by atoms with Crippen molar-refractivity contribution in [2.45, 2.75) is 0 Å². The Bertz CT molecular complexity index is 944. The Kier molecular flexibility index (Phi) is 5.93. The van der Waals surface area contributed by atoms with E-state index < -0.39 is 0 Å². The van der Waals surface area contributed by atoms with Crippen LogP contribution in [0.5, 0.6) is 0 Å². The number of allylic oxidation sites excluding steroid dienone is 1. The van der Waals surface area contributed by atoms with Crippen molar-refractivity contribution < 1.29 is 14.0 Å². The van der Waals surface area contributed by atoms with Crippen LogP contribution in [0.1, 0.15) is 26.5 Å². The summed E-state index contributed by atoms with van der Waals surface area (Å²) in [7, 11) is 0. The highest BCUT2D eigenvalue weighted by atomic mass is 16.3. The smallest absolute Gasteiger partial charge is 0.291 e. The summed E-state index contributed by atoms with van der Waals surface area (Å²) in [4.78, 5) is 23.9. The highest BCUT2D eigenvalue weighted by Gasteiger charge is 2.09. The average molecular weight is 359 g/mol.